The Morgan fingerprint density at radius 1 is 1.19 bits per heavy atom. The zero-order valence-electron chi connectivity index (χ0n) is 14.0. The van der Waals surface area contributed by atoms with Crippen LogP contribution in [0.4, 0.5) is 0 Å². The second kappa shape index (κ2) is 8.60. The van der Waals surface area contributed by atoms with Crippen molar-refractivity contribution in [3.8, 4) is 0 Å². The van der Waals surface area contributed by atoms with Crippen molar-refractivity contribution in [1.82, 2.24) is 10.2 Å². The molecule has 1 aliphatic rings. The molecule has 5 heteroatoms. The maximum absolute atomic E-state index is 11.1. The summed E-state index contributed by atoms with van der Waals surface area (Å²) in [7, 11) is 0. The fourth-order valence-electron chi connectivity index (χ4n) is 1.50. The molecule has 21 heavy (non-hydrogen) atoms. The number of carbonyl (C=O) groups is 3. The molecule has 3 amide bonds. The number of rotatable bonds is 4. The van der Waals surface area contributed by atoms with E-state index in [-0.39, 0.29) is 23.1 Å². The SMILES string of the molecule is CC(C)(C)CN1C(=O)C=CC1=O.CCC(=O)NCC(C)C. The van der Waals surface area contributed by atoms with Gasteiger partial charge in [0.2, 0.25) is 5.91 Å². The van der Waals surface area contributed by atoms with Crippen LogP contribution in [0.3, 0.4) is 0 Å². The van der Waals surface area contributed by atoms with Gasteiger partial charge in [-0.1, -0.05) is 41.5 Å². The third-order valence-electron chi connectivity index (χ3n) is 2.56. The Hall–Kier alpha value is -1.65. The summed E-state index contributed by atoms with van der Waals surface area (Å²) in [6, 6.07) is 0. The van der Waals surface area contributed by atoms with Gasteiger partial charge in [0.05, 0.1) is 0 Å². The van der Waals surface area contributed by atoms with E-state index in [0.717, 1.165) is 6.54 Å². The second-order valence-electron chi connectivity index (χ2n) is 6.71. The first-order valence-electron chi connectivity index (χ1n) is 7.37. The fourth-order valence-corrected chi connectivity index (χ4v) is 1.50. The number of nitrogens with zero attached hydrogens (tertiary/aromatic N) is 1. The minimum absolute atomic E-state index is 0.0304. The molecule has 0 saturated carbocycles. The molecule has 0 spiro atoms. The van der Waals surface area contributed by atoms with Gasteiger partial charge in [-0.15, -0.1) is 0 Å². The molecule has 1 N–H and O–H groups in total. The Balaban J connectivity index is 0.000000400. The maximum Gasteiger partial charge on any atom is 0.253 e. The van der Waals surface area contributed by atoms with E-state index in [1.807, 2.05) is 27.7 Å². The Labute approximate surface area is 127 Å². The van der Waals surface area contributed by atoms with E-state index in [0.29, 0.717) is 18.9 Å². The van der Waals surface area contributed by atoms with E-state index in [1.54, 1.807) is 0 Å². The molecular formula is C16H28N2O3. The van der Waals surface area contributed by atoms with E-state index in [2.05, 4.69) is 19.2 Å². The Kier molecular flexibility index (Phi) is 7.92. The van der Waals surface area contributed by atoms with Crippen molar-refractivity contribution in [2.75, 3.05) is 13.1 Å². The Morgan fingerprint density at radius 3 is 2.00 bits per heavy atom. The summed E-state index contributed by atoms with van der Waals surface area (Å²) < 4.78 is 0. The van der Waals surface area contributed by atoms with Crippen molar-refractivity contribution >= 4 is 17.7 Å². The highest BCUT2D eigenvalue weighted by atomic mass is 16.2. The van der Waals surface area contributed by atoms with Crippen molar-refractivity contribution in [2.45, 2.75) is 48.0 Å². The number of carbonyl (C=O) groups excluding carboxylic acids is 3. The molecule has 0 radical (unpaired) electrons. The van der Waals surface area contributed by atoms with Crippen molar-refractivity contribution in [1.29, 1.82) is 0 Å². The van der Waals surface area contributed by atoms with Gasteiger partial charge in [-0.05, 0) is 11.3 Å². The highest BCUT2D eigenvalue weighted by Gasteiger charge is 2.27. The van der Waals surface area contributed by atoms with Crippen molar-refractivity contribution in [3.05, 3.63) is 12.2 Å². The zero-order chi connectivity index (χ0) is 16.6. The first-order valence-corrected chi connectivity index (χ1v) is 7.37. The van der Waals surface area contributed by atoms with E-state index in [4.69, 9.17) is 0 Å². The molecule has 0 unspecified atom stereocenters. The standard InChI is InChI=1S/C9H13NO2.C7H15NO/c1-9(2,3)6-10-7(11)4-5-8(10)12;1-4-7(9)8-5-6(2)3/h4-5H,6H2,1-3H3;6H,4-5H2,1-3H3,(H,8,9). The van der Waals surface area contributed by atoms with Gasteiger partial charge in [0.15, 0.2) is 0 Å². The summed E-state index contributed by atoms with van der Waals surface area (Å²) in [4.78, 5) is 34.0. The average Bonchev–Trinajstić information content (AvgIpc) is 2.66. The second-order valence-corrected chi connectivity index (χ2v) is 6.71. The van der Waals surface area contributed by atoms with E-state index >= 15 is 0 Å². The molecular weight excluding hydrogens is 268 g/mol. The molecule has 0 fully saturated rings. The summed E-state index contributed by atoms with van der Waals surface area (Å²) in [5, 5.41) is 2.79. The number of hydrogen-bond donors (Lipinski definition) is 1. The van der Waals surface area contributed by atoms with Gasteiger partial charge < -0.3 is 5.32 Å². The van der Waals surface area contributed by atoms with Crippen LogP contribution in [0.25, 0.3) is 0 Å². The van der Waals surface area contributed by atoms with Crippen LogP contribution in [-0.4, -0.2) is 35.7 Å². The summed E-state index contributed by atoms with van der Waals surface area (Å²) >= 11 is 0. The predicted octanol–water partition coefficient (Wildman–Crippen LogP) is 2.13. The van der Waals surface area contributed by atoms with Gasteiger partial charge in [-0.25, -0.2) is 0 Å². The summed E-state index contributed by atoms with van der Waals surface area (Å²) in [5.41, 5.74) is -0.0304. The number of amides is 3. The lowest BCUT2D eigenvalue weighted by atomic mass is 9.96. The van der Waals surface area contributed by atoms with Gasteiger partial charge in [-0.3, -0.25) is 19.3 Å². The fraction of sp³-hybridized carbons (Fsp3) is 0.688. The number of hydrogen-bond acceptors (Lipinski definition) is 3. The third-order valence-corrected chi connectivity index (χ3v) is 2.56. The summed E-state index contributed by atoms with van der Waals surface area (Å²) in [5.74, 6) is 0.300. The molecule has 0 aromatic carbocycles. The molecule has 1 heterocycles. The van der Waals surface area contributed by atoms with Crippen LogP contribution in [0, 0.1) is 11.3 Å². The largest absolute Gasteiger partial charge is 0.356 e. The predicted molar refractivity (Wildman–Crippen MR) is 83.5 cm³/mol. The van der Waals surface area contributed by atoms with Gasteiger partial charge in [-0.2, -0.15) is 0 Å². The smallest absolute Gasteiger partial charge is 0.253 e. The minimum atomic E-state index is -0.199. The van der Waals surface area contributed by atoms with Crippen LogP contribution in [-0.2, 0) is 14.4 Å². The van der Waals surface area contributed by atoms with Gasteiger partial charge in [0, 0.05) is 31.7 Å². The summed E-state index contributed by atoms with van der Waals surface area (Å²) in [6.45, 7) is 13.3. The third kappa shape index (κ3) is 9.00. The molecule has 5 nitrogen and oxygen atoms in total. The highest BCUT2D eigenvalue weighted by molar-refractivity contribution is 6.12. The summed E-state index contributed by atoms with van der Waals surface area (Å²) in [6.07, 6.45) is 3.22. The first-order chi connectivity index (χ1) is 9.56. The molecule has 0 aliphatic carbocycles. The van der Waals surface area contributed by atoms with Crippen LogP contribution in [0.15, 0.2) is 12.2 Å². The van der Waals surface area contributed by atoms with E-state index in [9.17, 15) is 14.4 Å². The monoisotopic (exact) mass is 296 g/mol. The Morgan fingerprint density at radius 2 is 1.67 bits per heavy atom. The molecule has 0 atom stereocenters. The topological polar surface area (TPSA) is 66.5 Å². The van der Waals surface area contributed by atoms with Gasteiger partial charge >= 0.3 is 0 Å². The van der Waals surface area contributed by atoms with Crippen LogP contribution in [0.2, 0.25) is 0 Å². The van der Waals surface area contributed by atoms with Gasteiger partial charge in [0.1, 0.15) is 0 Å². The average molecular weight is 296 g/mol. The van der Waals surface area contributed by atoms with Crippen LogP contribution in [0.5, 0.6) is 0 Å². The molecule has 0 bridgehead atoms. The number of nitrogens with one attached hydrogen (secondary N) is 1. The van der Waals surface area contributed by atoms with E-state index < -0.39 is 0 Å². The highest BCUT2D eigenvalue weighted by Crippen LogP contribution is 2.17. The lowest BCUT2D eigenvalue weighted by molar-refractivity contribution is -0.138. The normalized spacial score (nSPS) is 14.3. The minimum Gasteiger partial charge on any atom is -0.356 e. The van der Waals surface area contributed by atoms with Gasteiger partial charge in [0.25, 0.3) is 11.8 Å². The van der Waals surface area contributed by atoms with Crippen LogP contribution in [0.1, 0.15) is 48.0 Å². The van der Waals surface area contributed by atoms with Crippen molar-refractivity contribution in [2.24, 2.45) is 11.3 Å². The lowest BCUT2D eigenvalue weighted by Crippen LogP contribution is -2.37. The van der Waals surface area contributed by atoms with Crippen molar-refractivity contribution in [3.63, 3.8) is 0 Å². The molecule has 120 valence electrons. The molecule has 0 aromatic heterocycles. The molecule has 1 aliphatic heterocycles. The molecule has 1 rings (SSSR count). The van der Waals surface area contributed by atoms with Crippen LogP contribution >= 0.6 is 0 Å². The Bertz CT molecular complexity index is 388. The first kappa shape index (κ1) is 19.4. The zero-order valence-corrected chi connectivity index (χ0v) is 14.0. The lowest BCUT2D eigenvalue weighted by Gasteiger charge is -2.24. The van der Waals surface area contributed by atoms with Crippen molar-refractivity contribution < 1.29 is 14.4 Å². The van der Waals surface area contributed by atoms with E-state index in [1.165, 1.54) is 17.1 Å². The number of imide groups is 1. The quantitative estimate of drug-likeness (QED) is 0.808. The molecule has 0 saturated heterocycles. The van der Waals surface area contributed by atoms with Crippen LogP contribution < -0.4 is 5.32 Å². The maximum atomic E-state index is 11.1. The molecule has 0 aromatic rings.